The summed E-state index contributed by atoms with van der Waals surface area (Å²) >= 11 is 0. The molecule has 0 spiro atoms. The van der Waals surface area contributed by atoms with Crippen molar-refractivity contribution in [2.24, 2.45) is 0 Å². The molecule has 0 amide bonds. The van der Waals surface area contributed by atoms with Gasteiger partial charge in [0.05, 0.1) is 0 Å². The molecule has 0 aliphatic carbocycles. The van der Waals surface area contributed by atoms with Gasteiger partial charge in [0.2, 0.25) is 0 Å². The van der Waals surface area contributed by atoms with Crippen molar-refractivity contribution in [3.05, 3.63) is 5.32 Å². The van der Waals surface area contributed by atoms with Crippen LogP contribution in [-0.2, 0) is 17.1 Å². The smallest absolute Gasteiger partial charge is 0 e. The minimum Gasteiger partial charge on any atom is -0.663 e. The zero-order valence-corrected chi connectivity index (χ0v) is 5.32. The minimum absolute atomic E-state index is 0. The molecule has 0 atom stereocenters. The first-order valence-corrected chi connectivity index (χ1v) is 2.05. The van der Waals surface area contributed by atoms with E-state index in [0.717, 1.165) is 13.1 Å². The average Bonchev–Trinajstić information content (AvgIpc) is 1.41. The van der Waals surface area contributed by atoms with Gasteiger partial charge in [0, 0.05) is 17.1 Å². The summed E-state index contributed by atoms with van der Waals surface area (Å²) in [6.07, 6.45) is 0. The molecule has 0 radical (unpaired) electrons. The van der Waals surface area contributed by atoms with Crippen molar-refractivity contribution in [1.82, 2.24) is 0 Å². The molecule has 0 aliphatic rings. The summed E-state index contributed by atoms with van der Waals surface area (Å²) in [6.45, 7) is 6.03. The normalized spacial score (nSPS) is 7.00. The van der Waals surface area contributed by atoms with Gasteiger partial charge in [-0.15, -0.1) is 0 Å². The van der Waals surface area contributed by atoms with Gasteiger partial charge in [0.15, 0.2) is 0 Å². The molecule has 40 valence electrons. The summed E-state index contributed by atoms with van der Waals surface area (Å²) in [5.41, 5.74) is 0. The summed E-state index contributed by atoms with van der Waals surface area (Å²) in [5.74, 6) is 0. The first kappa shape index (κ1) is 9.70. The Morgan fingerprint density at radius 3 is 1.50 bits per heavy atom. The first-order valence-electron chi connectivity index (χ1n) is 2.05. The molecule has 0 saturated carbocycles. The minimum atomic E-state index is 0. The van der Waals surface area contributed by atoms with Gasteiger partial charge < -0.3 is 5.32 Å². The van der Waals surface area contributed by atoms with Crippen LogP contribution in [0.1, 0.15) is 13.8 Å². The molecular formula is C4H10FeN-. The summed E-state index contributed by atoms with van der Waals surface area (Å²) < 4.78 is 0. The van der Waals surface area contributed by atoms with Crippen LogP contribution < -0.4 is 0 Å². The fraction of sp³-hybridized carbons (Fsp3) is 1.00. The quantitative estimate of drug-likeness (QED) is 0.499. The van der Waals surface area contributed by atoms with E-state index >= 15 is 0 Å². The van der Waals surface area contributed by atoms with Crippen LogP contribution in [0.2, 0.25) is 0 Å². The standard InChI is InChI=1S/C4H10N.Fe/c1-3-5-4-2;/h3-4H2,1-2H3;/q-1;. The van der Waals surface area contributed by atoms with E-state index in [1.807, 2.05) is 13.8 Å². The zero-order valence-electron chi connectivity index (χ0n) is 4.21. The SMILES string of the molecule is CC[N-]CC.[Fe]. The van der Waals surface area contributed by atoms with E-state index in [4.69, 9.17) is 0 Å². The molecule has 6 heavy (non-hydrogen) atoms. The molecule has 0 aliphatic heterocycles. The molecule has 0 rings (SSSR count). The van der Waals surface area contributed by atoms with Gasteiger partial charge in [0.25, 0.3) is 0 Å². The van der Waals surface area contributed by atoms with E-state index in [-0.39, 0.29) is 17.1 Å². The largest absolute Gasteiger partial charge is 0.663 e. The van der Waals surface area contributed by atoms with Crippen LogP contribution in [0.25, 0.3) is 5.32 Å². The maximum atomic E-state index is 3.97. The monoisotopic (exact) mass is 128 g/mol. The van der Waals surface area contributed by atoms with Crippen molar-refractivity contribution in [3.63, 3.8) is 0 Å². The molecule has 0 unspecified atom stereocenters. The molecule has 0 N–H and O–H groups in total. The van der Waals surface area contributed by atoms with Crippen molar-refractivity contribution in [3.8, 4) is 0 Å². The molecule has 0 aromatic carbocycles. The Bertz CT molecular complexity index is 15.0. The molecule has 0 fully saturated rings. The van der Waals surface area contributed by atoms with E-state index in [2.05, 4.69) is 5.32 Å². The third kappa shape index (κ3) is 8.82. The summed E-state index contributed by atoms with van der Waals surface area (Å²) in [5, 5.41) is 3.97. The molecule has 2 heteroatoms. The molecule has 1 nitrogen and oxygen atoms in total. The Labute approximate surface area is 50.0 Å². The Morgan fingerprint density at radius 2 is 1.50 bits per heavy atom. The van der Waals surface area contributed by atoms with Crippen molar-refractivity contribution in [2.75, 3.05) is 13.1 Å². The van der Waals surface area contributed by atoms with Crippen LogP contribution in [0, 0.1) is 0 Å². The fourth-order valence-corrected chi connectivity index (χ4v) is 0.224. The van der Waals surface area contributed by atoms with Gasteiger partial charge in [-0.05, 0) is 0 Å². The van der Waals surface area contributed by atoms with Gasteiger partial charge in [-0.1, -0.05) is 13.8 Å². The van der Waals surface area contributed by atoms with Crippen LogP contribution in [0.3, 0.4) is 0 Å². The fourth-order valence-electron chi connectivity index (χ4n) is 0.224. The van der Waals surface area contributed by atoms with Gasteiger partial charge >= 0.3 is 0 Å². The second-order valence-electron chi connectivity index (χ2n) is 0.856. The molecule has 0 heterocycles. The second kappa shape index (κ2) is 9.08. The maximum absolute atomic E-state index is 3.97. The zero-order chi connectivity index (χ0) is 4.12. The number of nitrogens with zero attached hydrogens (tertiary/aromatic N) is 1. The van der Waals surface area contributed by atoms with Crippen LogP contribution in [0.15, 0.2) is 0 Å². The third-order valence-corrected chi connectivity index (χ3v) is 0.447. The van der Waals surface area contributed by atoms with Crippen molar-refractivity contribution in [1.29, 1.82) is 0 Å². The molecular weight excluding hydrogens is 118 g/mol. The number of hydrogen-bond donors (Lipinski definition) is 0. The van der Waals surface area contributed by atoms with E-state index in [9.17, 15) is 0 Å². The van der Waals surface area contributed by atoms with Crippen LogP contribution in [-0.4, -0.2) is 13.1 Å². The Hall–Kier alpha value is 0.479. The van der Waals surface area contributed by atoms with Gasteiger partial charge in [-0.2, -0.15) is 13.1 Å². The second-order valence-corrected chi connectivity index (χ2v) is 0.856. The van der Waals surface area contributed by atoms with Crippen LogP contribution in [0.5, 0.6) is 0 Å². The number of rotatable bonds is 2. The van der Waals surface area contributed by atoms with E-state index < -0.39 is 0 Å². The van der Waals surface area contributed by atoms with Gasteiger partial charge in [0.1, 0.15) is 0 Å². The van der Waals surface area contributed by atoms with Gasteiger partial charge in [-0.25, -0.2) is 0 Å². The van der Waals surface area contributed by atoms with Crippen LogP contribution in [0.4, 0.5) is 0 Å². The topological polar surface area (TPSA) is 14.1 Å². The average molecular weight is 128 g/mol. The Morgan fingerprint density at radius 1 is 1.17 bits per heavy atom. The van der Waals surface area contributed by atoms with Gasteiger partial charge in [-0.3, -0.25) is 0 Å². The predicted molar refractivity (Wildman–Crippen MR) is 24.4 cm³/mol. The predicted octanol–water partition coefficient (Wildman–Crippen LogP) is 1.40. The van der Waals surface area contributed by atoms with Crippen LogP contribution >= 0.6 is 0 Å². The first-order chi connectivity index (χ1) is 2.41. The Kier molecular flexibility index (Phi) is 14.7. The maximum Gasteiger partial charge on any atom is 0 e. The molecule has 0 saturated heterocycles. The summed E-state index contributed by atoms with van der Waals surface area (Å²) in [7, 11) is 0. The molecule has 0 bridgehead atoms. The van der Waals surface area contributed by atoms with Crippen molar-refractivity contribution < 1.29 is 17.1 Å². The Balaban J connectivity index is 0. The summed E-state index contributed by atoms with van der Waals surface area (Å²) in [4.78, 5) is 0. The van der Waals surface area contributed by atoms with E-state index in [0.29, 0.717) is 0 Å². The van der Waals surface area contributed by atoms with E-state index in [1.54, 1.807) is 0 Å². The van der Waals surface area contributed by atoms with Crippen molar-refractivity contribution in [2.45, 2.75) is 13.8 Å². The third-order valence-electron chi connectivity index (χ3n) is 0.447. The molecule has 0 aromatic rings. The molecule has 0 aromatic heterocycles. The van der Waals surface area contributed by atoms with E-state index in [1.165, 1.54) is 0 Å². The van der Waals surface area contributed by atoms with Crippen molar-refractivity contribution >= 4 is 0 Å². The number of hydrogen-bond acceptors (Lipinski definition) is 0. The summed E-state index contributed by atoms with van der Waals surface area (Å²) in [6, 6.07) is 0.